The molecule has 1 atom stereocenters. The smallest absolute Gasteiger partial charge is 0.306 e. The molecule has 1 aromatic heterocycles. The summed E-state index contributed by atoms with van der Waals surface area (Å²) >= 11 is 0. The molecule has 0 aliphatic heterocycles. The van der Waals surface area contributed by atoms with Gasteiger partial charge in [-0.3, -0.25) is 4.79 Å². The summed E-state index contributed by atoms with van der Waals surface area (Å²) in [6.45, 7) is 0. The molecule has 0 spiro atoms. The quantitative estimate of drug-likeness (QED) is 0.767. The van der Waals surface area contributed by atoms with Crippen LogP contribution in [0.4, 0.5) is 0 Å². The predicted octanol–water partition coefficient (Wildman–Crippen LogP) is 2.36. The molecule has 0 fully saturated rings. The van der Waals surface area contributed by atoms with Gasteiger partial charge in [0, 0.05) is 17.1 Å². The average Bonchev–Trinajstić information content (AvgIpc) is 2.76. The summed E-state index contributed by atoms with van der Waals surface area (Å²) < 4.78 is 0. The van der Waals surface area contributed by atoms with E-state index in [1.54, 1.807) is 0 Å². The third-order valence-corrected chi connectivity index (χ3v) is 3.50. The van der Waals surface area contributed by atoms with Gasteiger partial charge in [-0.15, -0.1) is 0 Å². The lowest BCUT2D eigenvalue weighted by atomic mass is 9.82. The van der Waals surface area contributed by atoms with Crippen molar-refractivity contribution < 1.29 is 9.90 Å². The van der Waals surface area contributed by atoms with E-state index in [9.17, 15) is 4.79 Å². The van der Waals surface area contributed by atoms with Gasteiger partial charge in [-0.25, -0.2) is 0 Å². The van der Waals surface area contributed by atoms with Gasteiger partial charge in [-0.1, -0.05) is 6.07 Å². The predicted molar refractivity (Wildman–Crippen MR) is 61.4 cm³/mol. The fourth-order valence-corrected chi connectivity index (χ4v) is 2.61. The summed E-state index contributed by atoms with van der Waals surface area (Å²) in [4.78, 5) is 14.2. The Morgan fingerprint density at radius 2 is 2.25 bits per heavy atom. The van der Waals surface area contributed by atoms with Crippen LogP contribution in [0.1, 0.15) is 17.5 Å². The summed E-state index contributed by atoms with van der Waals surface area (Å²) in [7, 11) is 0. The van der Waals surface area contributed by atoms with Crippen molar-refractivity contribution in [3.05, 3.63) is 35.5 Å². The van der Waals surface area contributed by atoms with Crippen LogP contribution >= 0.6 is 0 Å². The fourth-order valence-electron chi connectivity index (χ4n) is 2.61. The van der Waals surface area contributed by atoms with E-state index in [1.165, 1.54) is 16.5 Å². The van der Waals surface area contributed by atoms with E-state index in [-0.39, 0.29) is 5.92 Å². The van der Waals surface area contributed by atoms with Gasteiger partial charge in [0.15, 0.2) is 0 Å². The molecule has 1 aliphatic rings. The number of aryl methyl sites for hydroxylation is 1. The number of fused-ring (bicyclic) bond motifs is 3. The van der Waals surface area contributed by atoms with Gasteiger partial charge in [-0.05, 0) is 42.5 Å². The molecule has 0 amide bonds. The van der Waals surface area contributed by atoms with E-state index in [0.29, 0.717) is 6.42 Å². The minimum absolute atomic E-state index is 0.215. The van der Waals surface area contributed by atoms with Gasteiger partial charge in [0.2, 0.25) is 0 Å². The maximum absolute atomic E-state index is 11.0. The Kier molecular flexibility index (Phi) is 1.99. The molecule has 0 bridgehead atoms. The minimum Gasteiger partial charge on any atom is -0.481 e. The molecule has 2 aromatic rings. The van der Waals surface area contributed by atoms with Crippen LogP contribution in [-0.4, -0.2) is 16.1 Å². The lowest BCUT2D eigenvalue weighted by molar-refractivity contribution is -0.142. The molecule has 3 rings (SSSR count). The Hall–Kier alpha value is -1.77. The van der Waals surface area contributed by atoms with Crippen molar-refractivity contribution in [3.63, 3.8) is 0 Å². The highest BCUT2D eigenvalue weighted by Gasteiger charge is 2.25. The third kappa shape index (κ3) is 1.32. The molecule has 1 unspecified atom stereocenters. The Bertz CT molecular complexity index is 556. The van der Waals surface area contributed by atoms with Gasteiger partial charge in [0.1, 0.15) is 0 Å². The van der Waals surface area contributed by atoms with E-state index in [4.69, 9.17) is 5.11 Å². The van der Waals surface area contributed by atoms with Gasteiger partial charge in [-0.2, -0.15) is 0 Å². The van der Waals surface area contributed by atoms with Gasteiger partial charge in [0.25, 0.3) is 0 Å². The third-order valence-electron chi connectivity index (χ3n) is 3.50. The Labute approximate surface area is 93.1 Å². The van der Waals surface area contributed by atoms with Crippen molar-refractivity contribution >= 4 is 16.9 Å². The number of aromatic nitrogens is 1. The van der Waals surface area contributed by atoms with Gasteiger partial charge >= 0.3 is 5.97 Å². The zero-order valence-electron chi connectivity index (χ0n) is 8.86. The van der Waals surface area contributed by atoms with E-state index in [0.717, 1.165) is 18.4 Å². The molecule has 3 nitrogen and oxygen atoms in total. The molecule has 3 heteroatoms. The highest BCUT2D eigenvalue weighted by molar-refractivity contribution is 5.85. The lowest BCUT2D eigenvalue weighted by Gasteiger charge is -2.22. The first-order valence-electron chi connectivity index (χ1n) is 5.56. The first-order valence-corrected chi connectivity index (χ1v) is 5.56. The van der Waals surface area contributed by atoms with Crippen LogP contribution in [0.15, 0.2) is 24.4 Å². The van der Waals surface area contributed by atoms with E-state index < -0.39 is 5.97 Å². The molecular weight excluding hydrogens is 202 g/mol. The summed E-state index contributed by atoms with van der Waals surface area (Å²) in [5, 5.41) is 10.3. The number of H-pyrrole nitrogens is 1. The summed E-state index contributed by atoms with van der Waals surface area (Å²) in [5.41, 5.74) is 3.63. The zero-order chi connectivity index (χ0) is 11.1. The van der Waals surface area contributed by atoms with Crippen LogP contribution in [0.2, 0.25) is 0 Å². The highest BCUT2D eigenvalue weighted by Crippen LogP contribution is 2.31. The molecule has 0 saturated heterocycles. The van der Waals surface area contributed by atoms with Crippen molar-refractivity contribution in [2.45, 2.75) is 19.3 Å². The highest BCUT2D eigenvalue weighted by atomic mass is 16.4. The Balaban J connectivity index is 2.13. The van der Waals surface area contributed by atoms with Crippen LogP contribution in [0.5, 0.6) is 0 Å². The minimum atomic E-state index is -0.668. The number of benzene rings is 1. The number of aromatic amines is 1. The number of carboxylic acid groups (broad SMARTS) is 1. The first-order chi connectivity index (χ1) is 7.75. The van der Waals surface area contributed by atoms with Crippen molar-refractivity contribution in [1.82, 2.24) is 4.98 Å². The number of hydrogen-bond donors (Lipinski definition) is 2. The maximum Gasteiger partial charge on any atom is 0.306 e. The van der Waals surface area contributed by atoms with E-state index in [2.05, 4.69) is 17.1 Å². The SMILES string of the molecule is O=C(O)C1CCc2ccc3[nH]ccc3c2C1. The van der Waals surface area contributed by atoms with Crippen molar-refractivity contribution in [2.24, 2.45) is 5.92 Å². The van der Waals surface area contributed by atoms with E-state index in [1.807, 2.05) is 12.3 Å². The normalized spacial score (nSPS) is 19.6. The van der Waals surface area contributed by atoms with Crippen molar-refractivity contribution in [1.29, 1.82) is 0 Å². The second kappa shape index (κ2) is 3.37. The van der Waals surface area contributed by atoms with Crippen molar-refractivity contribution in [3.8, 4) is 0 Å². The number of carbonyl (C=O) groups is 1. The second-order valence-corrected chi connectivity index (χ2v) is 4.42. The molecule has 2 N–H and O–H groups in total. The summed E-state index contributed by atoms with van der Waals surface area (Å²) in [5.74, 6) is -0.883. The number of nitrogens with one attached hydrogen (secondary N) is 1. The van der Waals surface area contributed by atoms with Crippen LogP contribution < -0.4 is 0 Å². The second-order valence-electron chi connectivity index (χ2n) is 4.42. The Morgan fingerprint density at radius 1 is 1.38 bits per heavy atom. The monoisotopic (exact) mass is 215 g/mol. The topological polar surface area (TPSA) is 53.1 Å². The molecule has 0 radical (unpaired) electrons. The molecule has 82 valence electrons. The molecule has 0 saturated carbocycles. The molecule has 16 heavy (non-hydrogen) atoms. The largest absolute Gasteiger partial charge is 0.481 e. The van der Waals surface area contributed by atoms with Gasteiger partial charge < -0.3 is 10.1 Å². The van der Waals surface area contributed by atoms with Crippen LogP contribution in [0.25, 0.3) is 10.9 Å². The zero-order valence-corrected chi connectivity index (χ0v) is 8.86. The lowest BCUT2D eigenvalue weighted by Crippen LogP contribution is -2.22. The number of hydrogen-bond acceptors (Lipinski definition) is 1. The number of carboxylic acids is 1. The van der Waals surface area contributed by atoms with E-state index >= 15 is 0 Å². The molecule has 1 aromatic carbocycles. The molecule has 1 aliphatic carbocycles. The average molecular weight is 215 g/mol. The molecule has 1 heterocycles. The fraction of sp³-hybridized carbons (Fsp3) is 0.308. The van der Waals surface area contributed by atoms with Gasteiger partial charge in [0.05, 0.1) is 5.92 Å². The number of aliphatic carboxylic acids is 1. The number of rotatable bonds is 1. The first kappa shape index (κ1) is 9.46. The molecular formula is C13H13NO2. The van der Waals surface area contributed by atoms with Crippen molar-refractivity contribution in [2.75, 3.05) is 0 Å². The Morgan fingerprint density at radius 3 is 3.06 bits per heavy atom. The van der Waals surface area contributed by atoms with Crippen LogP contribution in [-0.2, 0) is 17.6 Å². The van der Waals surface area contributed by atoms with Crippen LogP contribution in [0.3, 0.4) is 0 Å². The maximum atomic E-state index is 11.0. The summed E-state index contributed by atoms with van der Waals surface area (Å²) in [6, 6.07) is 6.24. The van der Waals surface area contributed by atoms with Crippen LogP contribution in [0, 0.1) is 5.92 Å². The summed E-state index contributed by atoms with van der Waals surface area (Å²) in [6.07, 6.45) is 4.22. The standard InChI is InChI=1S/C13H13NO2/c15-13(16)9-2-1-8-3-4-12-10(5-6-14-12)11(8)7-9/h3-6,9,14H,1-2,7H2,(H,15,16).